The molecular formula is C22H29N3O2S. The molecule has 0 aliphatic carbocycles. The molecule has 6 heteroatoms. The lowest BCUT2D eigenvalue weighted by atomic mass is 9.95. The maximum Gasteiger partial charge on any atom is 0.271 e. The van der Waals surface area contributed by atoms with Crippen LogP contribution in [0.1, 0.15) is 64.5 Å². The molecule has 4 rings (SSSR count). The quantitative estimate of drug-likeness (QED) is 0.615. The highest BCUT2D eigenvalue weighted by atomic mass is 32.1. The van der Waals surface area contributed by atoms with Crippen molar-refractivity contribution in [1.29, 1.82) is 0 Å². The average molecular weight is 400 g/mol. The lowest BCUT2D eigenvalue weighted by Gasteiger charge is -2.30. The minimum atomic E-state index is -0.194. The van der Waals surface area contributed by atoms with Gasteiger partial charge in [0.1, 0.15) is 15.4 Å². The lowest BCUT2D eigenvalue weighted by Crippen LogP contribution is -2.32. The van der Waals surface area contributed by atoms with Gasteiger partial charge < -0.3 is 4.74 Å². The van der Waals surface area contributed by atoms with E-state index < -0.39 is 0 Å². The Morgan fingerprint density at radius 3 is 2.82 bits per heavy atom. The van der Waals surface area contributed by atoms with Crippen LogP contribution in [0.3, 0.4) is 0 Å². The van der Waals surface area contributed by atoms with Crippen molar-refractivity contribution in [2.75, 3.05) is 0 Å². The predicted molar refractivity (Wildman–Crippen MR) is 115 cm³/mol. The third-order valence-electron chi connectivity index (χ3n) is 5.43. The smallest absolute Gasteiger partial charge is 0.271 e. The second kappa shape index (κ2) is 7.23. The minimum absolute atomic E-state index is 0.0895. The molecular weight excluding hydrogens is 370 g/mol. The molecule has 3 aromatic rings. The number of hydrogen-bond donors (Lipinski definition) is 0. The monoisotopic (exact) mass is 399 g/mol. The van der Waals surface area contributed by atoms with Crippen LogP contribution < -0.4 is 5.56 Å². The van der Waals surface area contributed by atoms with E-state index >= 15 is 0 Å². The van der Waals surface area contributed by atoms with Gasteiger partial charge in [0.15, 0.2) is 0 Å². The lowest BCUT2D eigenvalue weighted by molar-refractivity contribution is -0.0411. The molecule has 28 heavy (non-hydrogen) atoms. The molecule has 1 aliphatic rings. The van der Waals surface area contributed by atoms with Crippen molar-refractivity contribution in [1.82, 2.24) is 14.5 Å². The van der Waals surface area contributed by atoms with Crippen molar-refractivity contribution in [2.45, 2.75) is 79.1 Å². The predicted octanol–water partition coefficient (Wildman–Crippen LogP) is 4.86. The largest absolute Gasteiger partial charge is 0.370 e. The summed E-state index contributed by atoms with van der Waals surface area (Å²) >= 11 is 1.49. The van der Waals surface area contributed by atoms with E-state index in [0.717, 1.165) is 69.7 Å². The summed E-state index contributed by atoms with van der Waals surface area (Å²) in [5.74, 6) is 1.45. The topological polar surface area (TPSA) is 57.0 Å². The number of aromatic nitrogens is 3. The molecule has 0 saturated heterocycles. The van der Waals surface area contributed by atoms with Crippen molar-refractivity contribution in [3.05, 3.63) is 33.5 Å². The molecule has 0 saturated carbocycles. The number of rotatable bonds is 5. The van der Waals surface area contributed by atoms with Gasteiger partial charge in [0, 0.05) is 30.3 Å². The Labute approximate surface area is 169 Å². The van der Waals surface area contributed by atoms with Crippen LogP contribution in [0, 0.1) is 5.92 Å². The highest BCUT2D eigenvalue weighted by molar-refractivity contribution is 7.25. The molecule has 0 unspecified atom stereocenters. The summed E-state index contributed by atoms with van der Waals surface area (Å²) in [6, 6.07) is 2.15. The van der Waals surface area contributed by atoms with Crippen LogP contribution in [0.4, 0.5) is 0 Å². The number of aryl methyl sites for hydroxylation is 1. The van der Waals surface area contributed by atoms with Gasteiger partial charge in [-0.3, -0.25) is 9.36 Å². The van der Waals surface area contributed by atoms with Crippen molar-refractivity contribution in [3.8, 4) is 0 Å². The maximum atomic E-state index is 13.3. The van der Waals surface area contributed by atoms with E-state index in [2.05, 4.69) is 40.7 Å². The second-order valence-electron chi connectivity index (χ2n) is 8.87. The zero-order valence-electron chi connectivity index (χ0n) is 17.5. The third-order valence-corrected chi connectivity index (χ3v) is 6.51. The number of nitrogens with zero attached hydrogens (tertiary/aromatic N) is 3. The van der Waals surface area contributed by atoms with E-state index in [9.17, 15) is 4.79 Å². The number of pyridine rings is 1. The molecule has 150 valence electrons. The Kier molecular flexibility index (Phi) is 5.04. The van der Waals surface area contributed by atoms with Crippen molar-refractivity contribution in [3.63, 3.8) is 0 Å². The molecule has 0 spiro atoms. The van der Waals surface area contributed by atoms with Gasteiger partial charge in [-0.05, 0) is 38.7 Å². The van der Waals surface area contributed by atoms with Crippen LogP contribution in [0.25, 0.3) is 20.4 Å². The zero-order chi connectivity index (χ0) is 20.1. The molecule has 0 amide bonds. The third kappa shape index (κ3) is 3.48. The van der Waals surface area contributed by atoms with E-state index in [-0.39, 0.29) is 11.2 Å². The molecule has 0 radical (unpaired) electrons. The molecule has 0 fully saturated rings. The normalized spacial score (nSPS) is 16.2. The maximum absolute atomic E-state index is 13.3. The van der Waals surface area contributed by atoms with Crippen molar-refractivity contribution < 1.29 is 4.74 Å². The number of fused-ring (bicyclic) bond motifs is 4. The first kappa shape index (κ1) is 19.5. The Bertz CT molecular complexity index is 1090. The molecule has 5 nitrogen and oxygen atoms in total. The van der Waals surface area contributed by atoms with Gasteiger partial charge in [0.2, 0.25) is 0 Å². The van der Waals surface area contributed by atoms with E-state index in [1.54, 1.807) is 0 Å². The van der Waals surface area contributed by atoms with Crippen LogP contribution in [-0.2, 0) is 30.7 Å². The van der Waals surface area contributed by atoms with Gasteiger partial charge in [0.05, 0.1) is 23.4 Å². The Balaban J connectivity index is 1.91. The van der Waals surface area contributed by atoms with Crippen LogP contribution in [0.2, 0.25) is 0 Å². The molecule has 1 aliphatic heterocycles. The average Bonchev–Trinajstić information content (AvgIpc) is 2.96. The van der Waals surface area contributed by atoms with Gasteiger partial charge in [0.25, 0.3) is 5.56 Å². The molecule has 0 bridgehead atoms. The van der Waals surface area contributed by atoms with Crippen LogP contribution >= 0.6 is 11.3 Å². The van der Waals surface area contributed by atoms with Crippen molar-refractivity contribution >= 4 is 31.8 Å². The first-order valence-corrected chi connectivity index (χ1v) is 11.1. The summed E-state index contributed by atoms with van der Waals surface area (Å²) in [5, 5.41) is 0.993. The molecule has 4 heterocycles. The van der Waals surface area contributed by atoms with E-state index in [1.165, 1.54) is 11.3 Å². The zero-order valence-corrected chi connectivity index (χ0v) is 18.3. The first-order chi connectivity index (χ1) is 13.3. The summed E-state index contributed by atoms with van der Waals surface area (Å²) in [5.41, 5.74) is 2.92. The molecule has 0 atom stereocenters. The van der Waals surface area contributed by atoms with Crippen LogP contribution in [0.5, 0.6) is 0 Å². The Hall–Kier alpha value is -1.79. The summed E-state index contributed by atoms with van der Waals surface area (Å²) in [6.07, 6.45) is 3.56. The number of hydrogen-bond acceptors (Lipinski definition) is 5. The highest BCUT2D eigenvalue weighted by Crippen LogP contribution is 2.35. The fraction of sp³-hybridized carbons (Fsp3) is 0.591. The Morgan fingerprint density at radius 2 is 2.11 bits per heavy atom. The van der Waals surface area contributed by atoms with Gasteiger partial charge in [-0.15, -0.1) is 11.3 Å². The Morgan fingerprint density at radius 1 is 1.32 bits per heavy atom. The van der Waals surface area contributed by atoms with E-state index in [4.69, 9.17) is 14.7 Å². The van der Waals surface area contributed by atoms with Crippen LogP contribution in [-0.4, -0.2) is 20.1 Å². The molecule has 0 aromatic carbocycles. The van der Waals surface area contributed by atoms with Gasteiger partial charge in [-0.2, -0.15) is 0 Å². The van der Waals surface area contributed by atoms with Crippen LogP contribution in [0.15, 0.2) is 10.9 Å². The minimum Gasteiger partial charge on any atom is -0.370 e. The number of thiophene rings is 1. The summed E-state index contributed by atoms with van der Waals surface area (Å²) in [6.45, 7) is 12.0. The standard InChI is InChI=1S/C22H29N3O2S/c1-6-7-17-24-18-15-10-14-12-27-22(4,5)11-16(14)23-20(15)28-19(18)21(26)25(17)9-8-13(2)3/h10,13H,6-9,11-12H2,1-5H3. The van der Waals surface area contributed by atoms with Gasteiger partial charge in [-0.1, -0.05) is 20.8 Å². The number of ether oxygens (including phenoxy) is 1. The molecule has 0 N–H and O–H groups in total. The highest BCUT2D eigenvalue weighted by Gasteiger charge is 2.28. The molecule has 3 aromatic heterocycles. The van der Waals surface area contributed by atoms with Gasteiger partial charge >= 0.3 is 0 Å². The van der Waals surface area contributed by atoms with Crippen molar-refractivity contribution in [2.24, 2.45) is 5.92 Å². The summed E-state index contributed by atoms with van der Waals surface area (Å²) in [4.78, 5) is 24.1. The SMILES string of the molecule is CCCc1nc2c(sc3nc4c(cc32)COC(C)(C)C4)c(=O)n1CCC(C)C. The second-order valence-corrected chi connectivity index (χ2v) is 9.87. The van der Waals surface area contributed by atoms with Gasteiger partial charge in [-0.25, -0.2) is 9.97 Å². The fourth-order valence-electron chi connectivity index (χ4n) is 3.81. The van der Waals surface area contributed by atoms with E-state index in [1.807, 2.05) is 4.57 Å². The fourth-order valence-corrected chi connectivity index (χ4v) is 4.88. The first-order valence-electron chi connectivity index (χ1n) is 10.3. The van der Waals surface area contributed by atoms with E-state index in [0.29, 0.717) is 12.5 Å². The summed E-state index contributed by atoms with van der Waals surface area (Å²) in [7, 11) is 0. The summed E-state index contributed by atoms with van der Waals surface area (Å²) < 4.78 is 8.59.